The first-order valence-corrected chi connectivity index (χ1v) is 13.7. The van der Waals surface area contributed by atoms with Crippen LogP contribution in [0.15, 0.2) is 81.7 Å². The maximum Gasteiger partial charge on any atom is 0.0895 e. The third kappa shape index (κ3) is 6.43. The Bertz CT molecular complexity index is 1130. The molecule has 2 aromatic carbocycles. The maximum absolute atomic E-state index is 5.08. The molecule has 0 saturated carbocycles. The summed E-state index contributed by atoms with van der Waals surface area (Å²) in [5, 5.41) is 0. The van der Waals surface area contributed by atoms with E-state index in [9.17, 15) is 0 Å². The zero-order valence-corrected chi connectivity index (χ0v) is 23.0. The predicted octanol–water partition coefficient (Wildman–Crippen LogP) is 9.69. The SMILES string of the molecule is CCCCc1cc(-c2ccc(Br)cc2)cc(-c2cc(-c3ccc(Br)cc3)cc(CCCC)n2)n1. The standard InChI is InChI=1S/C30H30Br2N2/c1-3-5-7-27-17-23(21-9-13-25(31)14-10-21)19-29(33-27)30-20-24(18-28(34-30)8-6-4-2)22-11-15-26(32)16-12-22/h9-20H,3-8H2,1-2H3. The van der Waals surface area contributed by atoms with Crippen LogP contribution in [0.25, 0.3) is 33.6 Å². The average Bonchev–Trinajstić information content (AvgIpc) is 2.86. The molecule has 4 aromatic rings. The van der Waals surface area contributed by atoms with Gasteiger partial charge in [-0.25, -0.2) is 0 Å². The van der Waals surface area contributed by atoms with E-state index < -0.39 is 0 Å². The number of aryl methyl sites for hydroxylation is 2. The van der Waals surface area contributed by atoms with Gasteiger partial charge >= 0.3 is 0 Å². The Morgan fingerprint density at radius 2 is 0.912 bits per heavy atom. The van der Waals surface area contributed by atoms with E-state index in [0.29, 0.717) is 0 Å². The molecule has 0 bridgehead atoms. The molecule has 0 N–H and O–H groups in total. The van der Waals surface area contributed by atoms with Crippen molar-refractivity contribution in [2.24, 2.45) is 0 Å². The number of nitrogens with zero attached hydrogens (tertiary/aromatic N) is 2. The molecule has 0 amide bonds. The Morgan fingerprint density at radius 1 is 0.529 bits per heavy atom. The molecule has 0 unspecified atom stereocenters. The molecule has 4 heteroatoms. The quantitative estimate of drug-likeness (QED) is 0.198. The molecule has 2 heterocycles. The maximum atomic E-state index is 5.08. The number of rotatable bonds is 9. The van der Waals surface area contributed by atoms with Crippen molar-refractivity contribution in [2.75, 3.05) is 0 Å². The highest BCUT2D eigenvalue weighted by atomic mass is 79.9. The van der Waals surface area contributed by atoms with Gasteiger partial charge in [0, 0.05) is 20.3 Å². The van der Waals surface area contributed by atoms with Crippen LogP contribution in [-0.2, 0) is 12.8 Å². The smallest absolute Gasteiger partial charge is 0.0895 e. The van der Waals surface area contributed by atoms with Gasteiger partial charge in [-0.3, -0.25) is 9.97 Å². The first-order valence-electron chi connectivity index (χ1n) is 12.1. The Labute approximate surface area is 220 Å². The zero-order valence-electron chi connectivity index (χ0n) is 19.8. The summed E-state index contributed by atoms with van der Waals surface area (Å²) in [6.07, 6.45) is 6.51. The van der Waals surface area contributed by atoms with Crippen LogP contribution < -0.4 is 0 Å². The minimum Gasteiger partial charge on any atom is -0.251 e. The van der Waals surface area contributed by atoms with E-state index >= 15 is 0 Å². The lowest BCUT2D eigenvalue weighted by Crippen LogP contribution is -1.99. The first kappa shape index (κ1) is 24.8. The van der Waals surface area contributed by atoms with Crippen molar-refractivity contribution < 1.29 is 0 Å². The summed E-state index contributed by atoms with van der Waals surface area (Å²) in [5.41, 5.74) is 8.92. The highest BCUT2D eigenvalue weighted by Crippen LogP contribution is 2.31. The van der Waals surface area contributed by atoms with Gasteiger partial charge in [-0.1, -0.05) is 82.8 Å². The number of unbranched alkanes of at least 4 members (excludes halogenated alkanes) is 2. The van der Waals surface area contributed by atoms with Crippen molar-refractivity contribution in [1.29, 1.82) is 0 Å². The second kappa shape index (κ2) is 11.9. The zero-order chi connectivity index (χ0) is 23.9. The number of benzene rings is 2. The number of hydrogen-bond donors (Lipinski definition) is 0. The van der Waals surface area contributed by atoms with Gasteiger partial charge < -0.3 is 0 Å². The molecular formula is C30H30Br2N2. The van der Waals surface area contributed by atoms with Crippen molar-refractivity contribution in [1.82, 2.24) is 9.97 Å². The van der Waals surface area contributed by atoms with Crippen molar-refractivity contribution >= 4 is 31.9 Å². The van der Waals surface area contributed by atoms with E-state index in [0.717, 1.165) is 70.2 Å². The predicted molar refractivity (Wildman–Crippen MR) is 151 cm³/mol. The van der Waals surface area contributed by atoms with Crippen LogP contribution in [-0.4, -0.2) is 9.97 Å². The van der Waals surface area contributed by atoms with E-state index in [1.54, 1.807) is 0 Å². The van der Waals surface area contributed by atoms with Crippen LogP contribution in [0, 0.1) is 0 Å². The molecule has 0 fully saturated rings. The van der Waals surface area contributed by atoms with Gasteiger partial charge in [0.2, 0.25) is 0 Å². The normalized spacial score (nSPS) is 11.1. The molecule has 0 aliphatic rings. The van der Waals surface area contributed by atoms with Crippen LogP contribution in [0.5, 0.6) is 0 Å². The van der Waals surface area contributed by atoms with E-state index in [1.165, 1.54) is 22.3 Å². The Kier molecular flexibility index (Phi) is 8.69. The fourth-order valence-electron chi connectivity index (χ4n) is 4.03. The minimum atomic E-state index is 0.947. The van der Waals surface area contributed by atoms with E-state index in [4.69, 9.17) is 9.97 Å². The van der Waals surface area contributed by atoms with E-state index in [1.807, 2.05) is 0 Å². The fourth-order valence-corrected chi connectivity index (χ4v) is 4.56. The molecule has 0 atom stereocenters. The molecular weight excluding hydrogens is 548 g/mol. The van der Waals surface area contributed by atoms with Gasteiger partial charge in [0.25, 0.3) is 0 Å². The summed E-state index contributed by atoms with van der Waals surface area (Å²) in [7, 11) is 0. The third-order valence-electron chi connectivity index (χ3n) is 5.95. The summed E-state index contributed by atoms with van der Waals surface area (Å²) in [6.45, 7) is 4.45. The number of hydrogen-bond acceptors (Lipinski definition) is 2. The second-order valence-electron chi connectivity index (χ2n) is 8.69. The summed E-state index contributed by atoms with van der Waals surface area (Å²) < 4.78 is 2.17. The largest absolute Gasteiger partial charge is 0.251 e. The molecule has 2 nitrogen and oxygen atoms in total. The van der Waals surface area contributed by atoms with Crippen LogP contribution in [0.1, 0.15) is 50.9 Å². The number of pyridine rings is 2. The Hall–Kier alpha value is -2.30. The monoisotopic (exact) mass is 576 g/mol. The molecule has 0 spiro atoms. The van der Waals surface area contributed by atoms with Crippen molar-refractivity contribution in [3.05, 3.63) is 93.1 Å². The van der Waals surface area contributed by atoms with E-state index in [-0.39, 0.29) is 0 Å². The lowest BCUT2D eigenvalue weighted by Gasteiger charge is -2.13. The van der Waals surface area contributed by atoms with Crippen LogP contribution in [0.4, 0.5) is 0 Å². The highest BCUT2D eigenvalue weighted by molar-refractivity contribution is 9.10. The molecule has 4 rings (SSSR count). The first-order chi connectivity index (χ1) is 16.6. The van der Waals surface area contributed by atoms with Gasteiger partial charge in [0.15, 0.2) is 0 Å². The Morgan fingerprint density at radius 3 is 1.26 bits per heavy atom. The van der Waals surface area contributed by atoms with E-state index in [2.05, 4.69) is 119 Å². The third-order valence-corrected chi connectivity index (χ3v) is 7.00. The fraction of sp³-hybridized carbons (Fsp3) is 0.267. The van der Waals surface area contributed by atoms with Gasteiger partial charge in [-0.2, -0.15) is 0 Å². The van der Waals surface area contributed by atoms with Gasteiger partial charge in [-0.05, 0) is 96.5 Å². The van der Waals surface area contributed by atoms with Crippen LogP contribution in [0.2, 0.25) is 0 Å². The molecule has 0 aliphatic carbocycles. The molecule has 0 radical (unpaired) electrons. The summed E-state index contributed by atoms with van der Waals surface area (Å²) in [6, 6.07) is 25.9. The van der Waals surface area contributed by atoms with Crippen LogP contribution >= 0.6 is 31.9 Å². The van der Waals surface area contributed by atoms with Crippen molar-refractivity contribution in [2.45, 2.75) is 52.4 Å². The Balaban J connectivity index is 1.83. The topological polar surface area (TPSA) is 25.8 Å². The van der Waals surface area contributed by atoms with Crippen molar-refractivity contribution in [3.8, 4) is 33.6 Å². The molecule has 34 heavy (non-hydrogen) atoms. The van der Waals surface area contributed by atoms with Crippen molar-refractivity contribution in [3.63, 3.8) is 0 Å². The highest BCUT2D eigenvalue weighted by Gasteiger charge is 2.12. The van der Waals surface area contributed by atoms with Gasteiger partial charge in [0.1, 0.15) is 0 Å². The summed E-state index contributed by atoms with van der Waals surface area (Å²) >= 11 is 7.11. The van der Waals surface area contributed by atoms with Gasteiger partial charge in [0.05, 0.1) is 11.4 Å². The average molecular weight is 578 g/mol. The summed E-state index contributed by atoms with van der Waals surface area (Å²) in [4.78, 5) is 10.2. The number of aromatic nitrogens is 2. The molecule has 174 valence electrons. The molecule has 0 aliphatic heterocycles. The lowest BCUT2D eigenvalue weighted by molar-refractivity contribution is 0.774. The lowest BCUT2D eigenvalue weighted by atomic mass is 9.99. The molecule has 2 aromatic heterocycles. The van der Waals surface area contributed by atoms with Gasteiger partial charge in [-0.15, -0.1) is 0 Å². The second-order valence-corrected chi connectivity index (χ2v) is 10.5. The summed E-state index contributed by atoms with van der Waals surface area (Å²) in [5.74, 6) is 0. The number of halogens is 2. The minimum absolute atomic E-state index is 0.947. The molecule has 0 saturated heterocycles. The van der Waals surface area contributed by atoms with Crippen LogP contribution in [0.3, 0.4) is 0 Å².